The Balaban J connectivity index is 1.72. The average molecular weight is 259 g/mol. The van der Waals surface area contributed by atoms with Crippen molar-refractivity contribution in [2.45, 2.75) is 31.6 Å². The molecule has 0 amide bonds. The topological polar surface area (TPSA) is 75.7 Å². The SMILES string of the molecule is COc1cncc(Nc2cc(C3CCCC3)[nH]n2)n1. The number of hydrogen-bond donors (Lipinski definition) is 2. The largest absolute Gasteiger partial charge is 0.480 e. The first-order chi connectivity index (χ1) is 9.35. The summed E-state index contributed by atoms with van der Waals surface area (Å²) in [7, 11) is 1.57. The molecule has 1 aliphatic rings. The van der Waals surface area contributed by atoms with E-state index in [4.69, 9.17) is 4.74 Å². The molecule has 19 heavy (non-hydrogen) atoms. The van der Waals surface area contributed by atoms with Crippen LogP contribution in [0.25, 0.3) is 0 Å². The summed E-state index contributed by atoms with van der Waals surface area (Å²) in [5.41, 5.74) is 1.20. The number of nitrogens with one attached hydrogen (secondary N) is 2. The number of H-pyrrole nitrogens is 1. The summed E-state index contributed by atoms with van der Waals surface area (Å²) in [6, 6.07) is 2.05. The van der Waals surface area contributed by atoms with Crippen molar-refractivity contribution < 1.29 is 4.74 Å². The second-order valence-corrected chi connectivity index (χ2v) is 4.76. The van der Waals surface area contributed by atoms with Crippen molar-refractivity contribution >= 4 is 11.6 Å². The predicted octanol–water partition coefficient (Wildman–Crippen LogP) is 2.61. The molecule has 0 saturated heterocycles. The lowest BCUT2D eigenvalue weighted by molar-refractivity contribution is 0.396. The van der Waals surface area contributed by atoms with Gasteiger partial charge in [0.05, 0.1) is 19.5 Å². The lowest BCUT2D eigenvalue weighted by atomic mass is 10.0. The Hall–Kier alpha value is -2.11. The molecule has 0 atom stereocenters. The summed E-state index contributed by atoms with van der Waals surface area (Å²) in [6.07, 6.45) is 8.34. The minimum absolute atomic E-state index is 0.483. The molecule has 2 aromatic heterocycles. The Kier molecular flexibility index (Phi) is 3.31. The van der Waals surface area contributed by atoms with Crippen LogP contribution >= 0.6 is 0 Å². The Morgan fingerprint density at radius 2 is 2.11 bits per heavy atom. The molecule has 6 heteroatoms. The number of aromatic amines is 1. The van der Waals surface area contributed by atoms with Crippen LogP contribution in [0.3, 0.4) is 0 Å². The van der Waals surface area contributed by atoms with E-state index in [1.807, 2.05) is 0 Å². The van der Waals surface area contributed by atoms with Crippen LogP contribution in [0.2, 0.25) is 0 Å². The lowest BCUT2D eigenvalue weighted by Gasteiger charge is -2.04. The molecule has 0 unspecified atom stereocenters. The molecule has 0 aliphatic heterocycles. The van der Waals surface area contributed by atoms with Crippen LogP contribution in [-0.2, 0) is 0 Å². The highest BCUT2D eigenvalue weighted by atomic mass is 16.5. The molecule has 1 saturated carbocycles. The minimum atomic E-state index is 0.483. The molecule has 0 bridgehead atoms. The van der Waals surface area contributed by atoms with Gasteiger partial charge in [0, 0.05) is 17.7 Å². The maximum Gasteiger partial charge on any atom is 0.233 e. The van der Waals surface area contributed by atoms with Crippen LogP contribution in [0.5, 0.6) is 5.88 Å². The molecule has 2 N–H and O–H groups in total. The summed E-state index contributed by atoms with van der Waals surface area (Å²) in [6.45, 7) is 0. The third-order valence-electron chi connectivity index (χ3n) is 3.47. The van der Waals surface area contributed by atoms with Crippen LogP contribution in [0.4, 0.5) is 11.6 Å². The summed E-state index contributed by atoms with van der Waals surface area (Å²) in [4.78, 5) is 8.29. The van der Waals surface area contributed by atoms with Crippen molar-refractivity contribution in [3.8, 4) is 5.88 Å². The van der Waals surface area contributed by atoms with Crippen molar-refractivity contribution in [2.24, 2.45) is 0 Å². The van der Waals surface area contributed by atoms with Gasteiger partial charge < -0.3 is 10.1 Å². The monoisotopic (exact) mass is 259 g/mol. The number of aromatic nitrogens is 4. The molecular formula is C13H17N5O. The maximum absolute atomic E-state index is 5.04. The Morgan fingerprint density at radius 1 is 1.26 bits per heavy atom. The quantitative estimate of drug-likeness (QED) is 0.882. The zero-order chi connectivity index (χ0) is 13.1. The van der Waals surface area contributed by atoms with Crippen LogP contribution in [0, 0.1) is 0 Å². The molecule has 3 rings (SSSR count). The number of ether oxygens (including phenoxy) is 1. The average Bonchev–Trinajstić information content (AvgIpc) is 3.09. The van der Waals surface area contributed by atoms with E-state index in [9.17, 15) is 0 Å². The number of hydrogen-bond acceptors (Lipinski definition) is 5. The second-order valence-electron chi connectivity index (χ2n) is 4.76. The number of nitrogens with zero attached hydrogens (tertiary/aromatic N) is 3. The van der Waals surface area contributed by atoms with Gasteiger partial charge in [0.15, 0.2) is 11.6 Å². The molecule has 0 radical (unpaired) electrons. The van der Waals surface area contributed by atoms with Crippen molar-refractivity contribution in [3.05, 3.63) is 24.2 Å². The fourth-order valence-electron chi connectivity index (χ4n) is 2.48. The highest BCUT2D eigenvalue weighted by Crippen LogP contribution is 2.33. The molecule has 6 nitrogen and oxygen atoms in total. The fourth-order valence-corrected chi connectivity index (χ4v) is 2.48. The van der Waals surface area contributed by atoms with Gasteiger partial charge in [-0.15, -0.1) is 0 Å². The Bertz CT molecular complexity index is 547. The van der Waals surface area contributed by atoms with Gasteiger partial charge in [0.25, 0.3) is 0 Å². The Morgan fingerprint density at radius 3 is 2.89 bits per heavy atom. The van der Waals surface area contributed by atoms with Gasteiger partial charge in [-0.2, -0.15) is 10.1 Å². The van der Waals surface area contributed by atoms with Gasteiger partial charge in [0.2, 0.25) is 5.88 Å². The molecule has 2 aromatic rings. The van der Waals surface area contributed by atoms with Crippen LogP contribution < -0.4 is 10.1 Å². The molecule has 0 spiro atoms. The smallest absolute Gasteiger partial charge is 0.233 e. The van der Waals surface area contributed by atoms with Crippen molar-refractivity contribution in [1.82, 2.24) is 20.2 Å². The van der Waals surface area contributed by atoms with Gasteiger partial charge in [-0.1, -0.05) is 12.8 Å². The molecule has 1 fully saturated rings. The van der Waals surface area contributed by atoms with Gasteiger partial charge in [-0.05, 0) is 12.8 Å². The van der Waals surface area contributed by atoms with E-state index in [-0.39, 0.29) is 0 Å². The van der Waals surface area contributed by atoms with E-state index in [1.54, 1.807) is 19.5 Å². The van der Waals surface area contributed by atoms with Crippen LogP contribution in [-0.4, -0.2) is 27.3 Å². The fraction of sp³-hybridized carbons (Fsp3) is 0.462. The molecule has 100 valence electrons. The number of anilines is 2. The summed E-state index contributed by atoms with van der Waals surface area (Å²) in [5.74, 6) is 2.50. The maximum atomic E-state index is 5.04. The predicted molar refractivity (Wildman–Crippen MR) is 71.7 cm³/mol. The first kappa shape index (κ1) is 12.0. The van der Waals surface area contributed by atoms with E-state index < -0.39 is 0 Å². The first-order valence-corrected chi connectivity index (χ1v) is 6.53. The summed E-state index contributed by atoms with van der Waals surface area (Å²) >= 11 is 0. The molecular weight excluding hydrogens is 242 g/mol. The normalized spacial score (nSPS) is 15.6. The van der Waals surface area contributed by atoms with Gasteiger partial charge in [0.1, 0.15) is 0 Å². The van der Waals surface area contributed by atoms with Crippen molar-refractivity contribution in [1.29, 1.82) is 0 Å². The Labute approximate surface area is 111 Å². The van der Waals surface area contributed by atoms with E-state index >= 15 is 0 Å². The molecule has 1 aliphatic carbocycles. The minimum Gasteiger partial charge on any atom is -0.480 e. The standard InChI is InChI=1S/C13H17N5O/c1-19-13-8-14-7-12(16-13)15-11-6-10(17-18-11)9-4-2-3-5-9/h6-9H,2-5H2,1H3,(H2,15,16,17,18). The van der Waals surface area contributed by atoms with Gasteiger partial charge in [-0.25, -0.2) is 0 Å². The van der Waals surface area contributed by atoms with E-state index in [0.717, 1.165) is 5.82 Å². The summed E-state index contributed by atoms with van der Waals surface area (Å²) < 4.78 is 5.04. The van der Waals surface area contributed by atoms with Crippen LogP contribution in [0.1, 0.15) is 37.3 Å². The highest BCUT2D eigenvalue weighted by Gasteiger charge is 2.19. The van der Waals surface area contributed by atoms with E-state index in [0.29, 0.717) is 17.6 Å². The van der Waals surface area contributed by atoms with Gasteiger partial charge in [-0.3, -0.25) is 10.1 Å². The third-order valence-corrected chi connectivity index (χ3v) is 3.47. The van der Waals surface area contributed by atoms with Crippen molar-refractivity contribution in [3.63, 3.8) is 0 Å². The first-order valence-electron chi connectivity index (χ1n) is 6.53. The third kappa shape index (κ3) is 2.67. The molecule has 0 aromatic carbocycles. The van der Waals surface area contributed by atoms with Gasteiger partial charge >= 0.3 is 0 Å². The van der Waals surface area contributed by atoms with Crippen molar-refractivity contribution in [2.75, 3.05) is 12.4 Å². The number of rotatable bonds is 4. The van der Waals surface area contributed by atoms with E-state index in [2.05, 4.69) is 31.5 Å². The van der Waals surface area contributed by atoms with Crippen LogP contribution in [0.15, 0.2) is 18.5 Å². The number of methoxy groups -OCH3 is 1. The summed E-state index contributed by atoms with van der Waals surface area (Å²) in [5, 5.41) is 10.5. The van der Waals surface area contributed by atoms with E-state index in [1.165, 1.54) is 31.4 Å². The zero-order valence-corrected chi connectivity index (χ0v) is 10.9. The zero-order valence-electron chi connectivity index (χ0n) is 10.9. The second kappa shape index (κ2) is 5.26. The lowest BCUT2D eigenvalue weighted by Crippen LogP contribution is -1.97. The highest BCUT2D eigenvalue weighted by molar-refractivity contribution is 5.51. The molecule has 2 heterocycles.